The highest BCUT2D eigenvalue weighted by molar-refractivity contribution is 6.60. The molecule has 34 heavy (non-hydrogen) atoms. The predicted octanol–water partition coefficient (Wildman–Crippen LogP) is 8.65. The van der Waals surface area contributed by atoms with E-state index >= 15 is 0 Å². The summed E-state index contributed by atoms with van der Waals surface area (Å²) in [6.07, 6.45) is 7.20. The van der Waals surface area contributed by atoms with E-state index in [9.17, 15) is 4.39 Å². The van der Waals surface area contributed by atoms with Gasteiger partial charge in [-0.25, -0.2) is 4.39 Å². The molecule has 0 aliphatic heterocycles. The topological polar surface area (TPSA) is 27.7 Å². The van der Waals surface area contributed by atoms with E-state index < -0.39 is 15.0 Å². The number of unbranched alkanes of at least 4 members (excludes halogenated alkanes) is 2. The molecular weight excluding hydrogens is 443 g/mol. The second kappa shape index (κ2) is 13.1. The van der Waals surface area contributed by atoms with E-state index in [0.29, 0.717) is 26.2 Å². The first kappa shape index (κ1) is 26.5. The molecule has 0 bridgehead atoms. The maximum absolute atomic E-state index is 14.0. The van der Waals surface area contributed by atoms with Crippen LogP contribution in [-0.4, -0.2) is 28.6 Å². The zero-order valence-electron chi connectivity index (χ0n) is 21.1. The van der Waals surface area contributed by atoms with Crippen molar-refractivity contribution in [3.05, 3.63) is 65.7 Å². The first-order valence-corrected chi connectivity index (χ1v) is 14.7. The maximum Gasteiger partial charge on any atom is 0.500 e. The lowest BCUT2D eigenvalue weighted by Crippen LogP contribution is -2.45. The van der Waals surface area contributed by atoms with Crippen molar-refractivity contribution in [2.75, 3.05) is 19.8 Å². The third-order valence-electron chi connectivity index (χ3n) is 6.15. The zero-order valence-corrected chi connectivity index (χ0v) is 22.1. The number of benzene rings is 3. The van der Waals surface area contributed by atoms with Crippen LogP contribution in [-0.2, 0) is 13.3 Å². The first-order valence-electron chi connectivity index (χ1n) is 12.8. The van der Waals surface area contributed by atoms with Crippen LogP contribution in [0.2, 0.25) is 6.04 Å². The summed E-state index contributed by atoms with van der Waals surface area (Å²) < 4.78 is 31.2. The van der Waals surface area contributed by atoms with Gasteiger partial charge in [-0.05, 0) is 59.9 Å². The fraction of sp³-hybridized carbons (Fsp3) is 0.448. The molecule has 0 N–H and O–H groups in total. The minimum Gasteiger partial charge on any atom is -0.374 e. The van der Waals surface area contributed by atoms with Gasteiger partial charge in [-0.2, -0.15) is 0 Å². The summed E-state index contributed by atoms with van der Waals surface area (Å²) in [7, 11) is -2.33. The fourth-order valence-corrected chi connectivity index (χ4v) is 7.30. The molecule has 0 saturated heterocycles. The molecule has 0 heterocycles. The molecule has 1 aliphatic rings. The molecule has 1 aliphatic carbocycles. The van der Waals surface area contributed by atoms with E-state index in [0.717, 1.165) is 29.0 Å². The molecule has 0 amide bonds. The Balaban J connectivity index is 0.000000198. The van der Waals surface area contributed by atoms with Crippen LogP contribution in [0.5, 0.6) is 0 Å². The molecule has 5 heteroatoms. The molecule has 1 atom stereocenters. The quantitative estimate of drug-likeness (QED) is 0.164. The fourth-order valence-electron chi connectivity index (χ4n) is 4.61. The highest BCUT2D eigenvalue weighted by atomic mass is 28.4. The second-order valence-corrected chi connectivity index (χ2v) is 11.2. The molecule has 4 rings (SSSR count). The largest absolute Gasteiger partial charge is 0.500 e. The van der Waals surface area contributed by atoms with E-state index in [2.05, 4.69) is 49.4 Å². The lowest BCUT2D eigenvalue weighted by molar-refractivity contribution is 0.0707. The molecular formula is C29H39FO3Si. The summed E-state index contributed by atoms with van der Waals surface area (Å²) in [5.41, 5.74) is 1.87. The van der Waals surface area contributed by atoms with Gasteiger partial charge in [0.25, 0.3) is 0 Å². The van der Waals surface area contributed by atoms with Crippen molar-refractivity contribution in [3.8, 4) is 0 Å². The summed E-state index contributed by atoms with van der Waals surface area (Å²) in [5.74, 6) is 0. The summed E-state index contributed by atoms with van der Waals surface area (Å²) in [6.45, 7) is 10.2. The highest BCUT2D eigenvalue weighted by Gasteiger charge is 2.39. The number of hydrogen-bond acceptors (Lipinski definition) is 3. The Labute approximate surface area is 205 Å². The normalized spacial score (nSPS) is 15.3. The van der Waals surface area contributed by atoms with Crippen LogP contribution in [0.1, 0.15) is 70.7 Å². The van der Waals surface area contributed by atoms with Crippen molar-refractivity contribution >= 4 is 36.4 Å². The minimum atomic E-state index is -2.33. The van der Waals surface area contributed by atoms with Crippen molar-refractivity contribution in [3.63, 3.8) is 0 Å². The standard InChI is InChI=1S/C18H13F.C11H26O3Si/c19-18-7-3-6-14-16-9-8-12-4-1-2-5-13(12)15(16)10-11-17(14)18;1-5-9-10-11-15(12-6-2,13-7-3)14-8-4/h1-6,8-11,18H,7H2;5-11H2,1-4H3. The summed E-state index contributed by atoms with van der Waals surface area (Å²) in [4.78, 5) is 0. The van der Waals surface area contributed by atoms with Crippen LogP contribution in [0.25, 0.3) is 27.6 Å². The highest BCUT2D eigenvalue weighted by Crippen LogP contribution is 2.37. The Hall–Kier alpha value is -2.05. The third-order valence-corrected chi connectivity index (χ3v) is 9.30. The van der Waals surface area contributed by atoms with Gasteiger partial charge in [-0.1, -0.05) is 80.4 Å². The molecule has 0 aromatic heterocycles. The summed E-state index contributed by atoms with van der Waals surface area (Å²) in [6, 6.07) is 17.5. The third kappa shape index (κ3) is 6.33. The number of fused-ring (bicyclic) bond motifs is 5. The van der Waals surface area contributed by atoms with Crippen molar-refractivity contribution in [2.45, 2.75) is 65.6 Å². The van der Waals surface area contributed by atoms with E-state index in [1.807, 2.05) is 39.0 Å². The molecule has 0 spiro atoms. The number of alkyl halides is 1. The van der Waals surface area contributed by atoms with Gasteiger partial charge in [0.1, 0.15) is 6.17 Å². The summed E-state index contributed by atoms with van der Waals surface area (Å²) >= 11 is 0. The van der Waals surface area contributed by atoms with Gasteiger partial charge in [0.2, 0.25) is 0 Å². The Morgan fingerprint density at radius 3 is 2.15 bits per heavy atom. The minimum absolute atomic E-state index is 0.492. The van der Waals surface area contributed by atoms with Gasteiger partial charge in [-0.15, -0.1) is 0 Å². The first-order chi connectivity index (χ1) is 16.6. The summed E-state index contributed by atoms with van der Waals surface area (Å²) in [5, 5.41) is 4.81. The van der Waals surface area contributed by atoms with Gasteiger partial charge in [0, 0.05) is 32.3 Å². The molecule has 3 aromatic rings. The van der Waals surface area contributed by atoms with Crippen LogP contribution < -0.4 is 0 Å². The predicted molar refractivity (Wildman–Crippen MR) is 144 cm³/mol. The Morgan fingerprint density at radius 2 is 1.47 bits per heavy atom. The maximum atomic E-state index is 14.0. The van der Waals surface area contributed by atoms with Crippen LogP contribution in [0.15, 0.2) is 54.6 Å². The number of rotatable bonds is 10. The van der Waals surface area contributed by atoms with Gasteiger partial charge in [-0.3, -0.25) is 0 Å². The molecule has 0 saturated carbocycles. The Bertz CT molecular complexity index is 1060. The lowest BCUT2D eigenvalue weighted by atomic mass is 9.89. The van der Waals surface area contributed by atoms with E-state index in [4.69, 9.17) is 13.3 Å². The van der Waals surface area contributed by atoms with Crippen LogP contribution >= 0.6 is 0 Å². The van der Waals surface area contributed by atoms with E-state index in [1.54, 1.807) is 0 Å². The SMILES string of the molecule is CCCCC[Si](OCC)(OCC)OCC.FC1CC=Cc2c1ccc1c2ccc2ccccc21. The van der Waals surface area contributed by atoms with Crippen molar-refractivity contribution in [2.24, 2.45) is 0 Å². The molecule has 1 unspecified atom stereocenters. The number of halogens is 1. The van der Waals surface area contributed by atoms with Gasteiger partial charge in [0.05, 0.1) is 0 Å². The molecule has 3 nitrogen and oxygen atoms in total. The monoisotopic (exact) mass is 482 g/mol. The smallest absolute Gasteiger partial charge is 0.374 e. The molecule has 0 radical (unpaired) electrons. The average molecular weight is 483 g/mol. The average Bonchev–Trinajstić information content (AvgIpc) is 2.85. The number of allylic oxidation sites excluding steroid dienone is 1. The number of hydrogen-bond donors (Lipinski definition) is 0. The Morgan fingerprint density at radius 1 is 0.794 bits per heavy atom. The van der Waals surface area contributed by atoms with Crippen molar-refractivity contribution in [1.29, 1.82) is 0 Å². The van der Waals surface area contributed by atoms with Gasteiger partial charge in [0.15, 0.2) is 0 Å². The molecule has 3 aromatic carbocycles. The molecule has 184 valence electrons. The van der Waals surface area contributed by atoms with E-state index in [-0.39, 0.29) is 0 Å². The van der Waals surface area contributed by atoms with Crippen LogP contribution in [0.4, 0.5) is 4.39 Å². The Kier molecular flexibility index (Phi) is 10.3. The van der Waals surface area contributed by atoms with Gasteiger partial charge >= 0.3 is 8.80 Å². The van der Waals surface area contributed by atoms with Crippen LogP contribution in [0, 0.1) is 0 Å². The van der Waals surface area contributed by atoms with Gasteiger partial charge < -0.3 is 13.3 Å². The van der Waals surface area contributed by atoms with Crippen molar-refractivity contribution < 1.29 is 17.7 Å². The zero-order chi connectivity index (χ0) is 24.4. The van der Waals surface area contributed by atoms with Crippen molar-refractivity contribution in [1.82, 2.24) is 0 Å². The second-order valence-electron chi connectivity index (χ2n) is 8.50. The van der Waals surface area contributed by atoms with E-state index in [1.165, 1.54) is 29.0 Å². The van der Waals surface area contributed by atoms with Crippen LogP contribution in [0.3, 0.4) is 0 Å². The lowest BCUT2D eigenvalue weighted by Gasteiger charge is -2.28. The molecule has 0 fully saturated rings.